The van der Waals surface area contributed by atoms with Crippen LogP contribution in [0.4, 0.5) is 11.4 Å². The maximum atomic E-state index is 4.85. The van der Waals surface area contributed by atoms with Crippen molar-refractivity contribution in [3.63, 3.8) is 0 Å². The number of hydrogen-bond donors (Lipinski definition) is 0. The minimum atomic E-state index is -0.346. The number of halogens is 2. The van der Waals surface area contributed by atoms with Gasteiger partial charge in [0.05, 0.1) is 11.4 Å². The molecule has 9 rings (SSSR count). The van der Waals surface area contributed by atoms with E-state index >= 15 is 0 Å². The summed E-state index contributed by atoms with van der Waals surface area (Å²) in [7, 11) is 9.49. The zero-order valence-electron chi connectivity index (χ0n) is 36.6. The molecule has 316 valence electrons. The Hall–Kier alpha value is -2.93. The van der Waals surface area contributed by atoms with E-state index in [1.165, 1.54) is 155 Å². The fraction of sp³-hybridized carbons (Fsp3) is 0.407. The van der Waals surface area contributed by atoms with Gasteiger partial charge in [-0.25, -0.2) is 0 Å². The monoisotopic (exact) mass is 942 g/mol. The van der Waals surface area contributed by atoms with Crippen LogP contribution in [-0.2, 0) is 15.1 Å². The number of nitrogens with zero attached hydrogens (tertiary/aromatic N) is 2. The summed E-state index contributed by atoms with van der Waals surface area (Å²) >= 11 is -0.346. The molecule has 4 aliphatic carbocycles. The van der Waals surface area contributed by atoms with E-state index in [1.807, 2.05) is 0 Å². The molecule has 3 saturated carbocycles. The molecule has 5 aliphatic rings. The standard InChI is InChI=1S/C54H63N2P.2ClH.Ru/c1-36-31-38(3)52(39(4)32-36)55-29-30-56(53-40(5)33-37(2)34-41(53)6)54(55)47-27-18-28-50(57(43-21-12-8-13-22-43)44-23-14-9-15-24-44)51(47)49-35-48(42-19-10-7-11-20-42)45-25-16-17-26-46(45)49;;;/h7,10-11,16-17,19-20,25-26,29-35,43-44,50H,8-9,12-15,18,21-24,27-28H2,1-6H3;2*1H;/q;;;+2/p-2. The molecular weight excluding hydrogens is 880 g/mol. The Morgan fingerprint density at radius 3 is 1.53 bits per heavy atom. The van der Waals surface area contributed by atoms with Gasteiger partial charge in [0.15, 0.2) is 0 Å². The van der Waals surface area contributed by atoms with Gasteiger partial charge in [-0.1, -0.05) is 136 Å². The first-order valence-electron chi connectivity index (χ1n) is 22.6. The molecule has 1 aliphatic heterocycles. The van der Waals surface area contributed by atoms with E-state index in [2.05, 4.69) is 149 Å². The maximum absolute atomic E-state index is 4.85. The van der Waals surface area contributed by atoms with Crippen molar-refractivity contribution in [3.8, 4) is 0 Å². The molecule has 0 amide bonds. The molecule has 0 N–H and O–H groups in total. The Labute approximate surface area is 378 Å². The zero-order valence-corrected chi connectivity index (χ0v) is 40.8. The summed E-state index contributed by atoms with van der Waals surface area (Å²) in [6, 6.07) is 30.2. The van der Waals surface area contributed by atoms with Gasteiger partial charge in [0, 0.05) is 18.1 Å². The molecule has 1 unspecified atom stereocenters. The van der Waals surface area contributed by atoms with Gasteiger partial charge in [-0.3, -0.25) is 0 Å². The van der Waals surface area contributed by atoms with E-state index in [4.69, 9.17) is 19.4 Å². The van der Waals surface area contributed by atoms with Gasteiger partial charge < -0.3 is 9.80 Å². The average molecular weight is 943 g/mol. The predicted molar refractivity (Wildman–Crippen MR) is 259 cm³/mol. The molecule has 60 heavy (non-hydrogen) atoms. The van der Waals surface area contributed by atoms with E-state index < -0.39 is 0 Å². The molecule has 0 aromatic heterocycles. The Kier molecular flexibility index (Phi) is 14.3. The number of benzene rings is 4. The van der Waals surface area contributed by atoms with Crippen molar-refractivity contribution >= 4 is 49.8 Å². The number of hydrogen-bond acceptors (Lipinski definition) is 2. The average Bonchev–Trinajstić information content (AvgIpc) is 3.84. The van der Waals surface area contributed by atoms with Crippen LogP contribution in [-0.4, -0.2) is 17.0 Å². The first kappa shape index (κ1) is 43.7. The molecule has 0 bridgehead atoms. The van der Waals surface area contributed by atoms with Crippen LogP contribution in [0, 0.1) is 41.5 Å². The third kappa shape index (κ3) is 8.83. The van der Waals surface area contributed by atoms with Crippen molar-refractivity contribution < 1.29 is 15.1 Å². The summed E-state index contributed by atoms with van der Waals surface area (Å²) < 4.78 is 0. The molecule has 0 radical (unpaired) electrons. The SMILES string of the molecule is Cc1cc(C)c(N2C=CN(c3c(C)cc(C)cc3C)C2=C2CCCC(P(C3CCCCC3)C3CCCCC3)C2=C2C=C(c3ccccc3)c3ccccc32)c(C)c1.[Cl][Ru][Cl]. The molecule has 1 heterocycles. The molecule has 0 saturated heterocycles. The molecule has 6 heteroatoms. The van der Waals surface area contributed by atoms with E-state index in [-0.39, 0.29) is 23.1 Å². The Balaban J connectivity index is 0.00000162. The number of rotatable bonds is 6. The summed E-state index contributed by atoms with van der Waals surface area (Å²) in [5.41, 5.74) is 23.4. The van der Waals surface area contributed by atoms with Gasteiger partial charge in [0.25, 0.3) is 0 Å². The van der Waals surface area contributed by atoms with Crippen LogP contribution in [0.15, 0.2) is 114 Å². The number of fused-ring (bicyclic) bond motifs is 1. The van der Waals surface area contributed by atoms with Gasteiger partial charge in [-0.05, 0) is 165 Å². The Morgan fingerprint density at radius 2 is 1.03 bits per heavy atom. The van der Waals surface area contributed by atoms with Crippen molar-refractivity contribution in [2.45, 2.75) is 142 Å². The minimum absolute atomic E-state index is 0.219. The molecule has 4 aromatic rings. The summed E-state index contributed by atoms with van der Waals surface area (Å²) in [6.45, 7) is 13.8. The second-order valence-corrected chi connectivity index (χ2v) is 23.7. The van der Waals surface area contributed by atoms with Crippen LogP contribution < -0.4 is 9.80 Å². The number of aryl methyl sites for hydroxylation is 6. The van der Waals surface area contributed by atoms with Crippen LogP contribution in [0.25, 0.3) is 11.1 Å². The van der Waals surface area contributed by atoms with Crippen molar-refractivity contribution in [2.75, 3.05) is 9.80 Å². The van der Waals surface area contributed by atoms with Crippen molar-refractivity contribution in [2.24, 2.45) is 0 Å². The predicted octanol–water partition coefficient (Wildman–Crippen LogP) is 16.5. The van der Waals surface area contributed by atoms with E-state index in [0.29, 0.717) is 5.66 Å². The molecule has 2 nitrogen and oxygen atoms in total. The van der Waals surface area contributed by atoms with Crippen molar-refractivity contribution in [1.29, 1.82) is 0 Å². The summed E-state index contributed by atoms with van der Waals surface area (Å²) in [4.78, 5) is 5.24. The topological polar surface area (TPSA) is 6.48 Å². The molecule has 1 atom stereocenters. The van der Waals surface area contributed by atoms with Crippen LogP contribution in [0.5, 0.6) is 0 Å². The summed E-state index contributed by atoms with van der Waals surface area (Å²) in [6.07, 6.45) is 25.4. The molecule has 4 aromatic carbocycles. The Morgan fingerprint density at radius 1 is 0.567 bits per heavy atom. The van der Waals surface area contributed by atoms with E-state index in [1.54, 1.807) is 11.1 Å². The molecule has 0 spiro atoms. The first-order valence-corrected chi connectivity index (χ1v) is 28.6. The normalized spacial score (nSPS) is 21.1. The summed E-state index contributed by atoms with van der Waals surface area (Å²) in [5.74, 6) is 1.37. The van der Waals surface area contributed by atoms with Crippen LogP contribution >= 0.6 is 27.3 Å². The van der Waals surface area contributed by atoms with Crippen LogP contribution in [0.3, 0.4) is 0 Å². The number of anilines is 2. The van der Waals surface area contributed by atoms with E-state index in [9.17, 15) is 0 Å². The quantitative estimate of drug-likeness (QED) is 0.140. The third-order valence-electron chi connectivity index (χ3n) is 13.9. The second-order valence-electron chi connectivity index (χ2n) is 18.1. The van der Waals surface area contributed by atoms with Gasteiger partial charge in [-0.2, -0.15) is 0 Å². The second kappa shape index (κ2) is 19.6. The van der Waals surface area contributed by atoms with Crippen molar-refractivity contribution in [3.05, 3.63) is 164 Å². The fourth-order valence-corrected chi connectivity index (χ4v) is 16.5. The van der Waals surface area contributed by atoms with Gasteiger partial charge in [0.1, 0.15) is 5.82 Å². The van der Waals surface area contributed by atoms with Gasteiger partial charge in [0.2, 0.25) is 0 Å². The van der Waals surface area contributed by atoms with Crippen LogP contribution in [0.2, 0.25) is 0 Å². The van der Waals surface area contributed by atoms with Crippen LogP contribution in [0.1, 0.15) is 134 Å². The third-order valence-corrected chi connectivity index (χ3v) is 17.9. The zero-order chi connectivity index (χ0) is 41.9. The summed E-state index contributed by atoms with van der Waals surface area (Å²) in [5, 5.41) is 0. The first-order chi connectivity index (χ1) is 29.2. The van der Waals surface area contributed by atoms with Gasteiger partial charge >= 0.3 is 34.5 Å². The van der Waals surface area contributed by atoms with E-state index in [0.717, 1.165) is 17.7 Å². The number of allylic oxidation sites excluding steroid dienone is 4. The molecule has 3 fully saturated rings. The fourth-order valence-electron chi connectivity index (χ4n) is 11.9. The Bertz CT molecular complexity index is 2180. The molecular formula is C54H63Cl2N2PRu. The van der Waals surface area contributed by atoms with Crippen molar-refractivity contribution in [1.82, 2.24) is 0 Å². The van der Waals surface area contributed by atoms with Gasteiger partial charge in [-0.15, -0.1) is 0 Å².